The number of benzene rings is 7. The van der Waals surface area contributed by atoms with Crippen molar-refractivity contribution < 1.29 is 40.2 Å². The normalized spacial score (nSPS) is 11.4. The minimum absolute atomic E-state index is 0.350. The quantitative estimate of drug-likeness (QED) is 0.142. The van der Waals surface area contributed by atoms with E-state index < -0.39 is 13.7 Å². The average Bonchev–Trinajstić information content (AvgIpc) is 0.784. The van der Waals surface area contributed by atoms with E-state index in [1.807, 2.05) is 92.2 Å². The Hall–Kier alpha value is -11.4. The smallest absolute Gasteiger partial charge is 0.201 e. The van der Waals surface area contributed by atoms with Crippen LogP contribution < -0.4 is 32.0 Å². The molecule has 0 N–H and O–H groups in total. The van der Waals surface area contributed by atoms with Crippen molar-refractivity contribution >= 4 is 0 Å². The molecule has 0 saturated carbocycles. The van der Waals surface area contributed by atoms with Crippen molar-refractivity contribution in [2.24, 2.45) is 49.3 Å². The third-order valence-electron chi connectivity index (χ3n) is 18.7. The van der Waals surface area contributed by atoms with Crippen molar-refractivity contribution in [3.05, 3.63) is 377 Å². The maximum Gasteiger partial charge on any atom is 0.212 e. The van der Waals surface area contributed by atoms with Crippen molar-refractivity contribution in [2.45, 2.75) is 89.9 Å². The summed E-state index contributed by atoms with van der Waals surface area (Å²) in [6.45, 7) is 19.2. The van der Waals surface area contributed by atoms with Crippen molar-refractivity contribution in [3.8, 4) is 78.8 Å². The Morgan fingerprint density at radius 2 is 0.481 bits per heavy atom. The zero-order valence-corrected chi connectivity index (χ0v) is 64.5. The molecule has 14 rings (SSSR count). The molecule has 14 aromatic rings. The van der Waals surface area contributed by atoms with Gasteiger partial charge in [-0.25, -0.2) is 22.8 Å². The van der Waals surface area contributed by atoms with E-state index in [4.69, 9.17) is 8.22 Å². The van der Waals surface area contributed by atoms with Gasteiger partial charge in [-0.2, -0.15) is 9.13 Å². The number of aryl methyl sites for hydroxylation is 18. The van der Waals surface area contributed by atoms with Crippen LogP contribution in [0.3, 0.4) is 0 Å². The topological polar surface area (TPSA) is 27.2 Å². The van der Waals surface area contributed by atoms with Crippen molar-refractivity contribution in [1.82, 2.24) is 0 Å². The SMILES string of the molecule is Cc1cc[n+](C)c(-c2ccccc2C)c1.Cc1cc[n+](C)c(-c2ccccc2C)c1.Cc1ccc(-c2ccccc2C)[n+](C)c1.Cc1ccccc1-c1cccc(C)[n+]1C.Cc1ccccc1-c1cccc[n+]1C.[2H]C([2H])([2H])c1ccc(-c2ccccc2C)[n+](C)c1.[2H]C([2H])([2H])c1cccc(-c2ccccc2C)[n+]1C. The minimum Gasteiger partial charge on any atom is -0.201 e. The van der Waals surface area contributed by atoms with Gasteiger partial charge < -0.3 is 0 Å². The summed E-state index contributed by atoms with van der Waals surface area (Å²) >= 11 is 0. The molecular formula is C97H110N7+7. The first kappa shape index (κ1) is 69.7. The van der Waals surface area contributed by atoms with Gasteiger partial charge in [0.1, 0.15) is 49.3 Å². The van der Waals surface area contributed by atoms with E-state index in [-0.39, 0.29) is 0 Å². The lowest BCUT2D eigenvalue weighted by molar-refractivity contribution is -0.666. The van der Waals surface area contributed by atoms with Crippen LogP contribution in [0.4, 0.5) is 0 Å². The van der Waals surface area contributed by atoms with Gasteiger partial charge in [0, 0.05) is 145 Å². The highest BCUT2D eigenvalue weighted by molar-refractivity contribution is 5.66. The van der Waals surface area contributed by atoms with E-state index in [0.29, 0.717) is 11.3 Å². The Labute approximate surface area is 631 Å². The Bertz CT molecular complexity index is 5230. The Kier molecular flexibility index (Phi) is 25.5. The van der Waals surface area contributed by atoms with Crippen LogP contribution in [0, 0.1) is 89.9 Å². The van der Waals surface area contributed by atoms with Crippen LogP contribution in [0.25, 0.3) is 78.8 Å². The summed E-state index contributed by atoms with van der Waals surface area (Å²) < 4.78 is 59.3. The molecule has 7 aromatic carbocycles. The van der Waals surface area contributed by atoms with Gasteiger partial charge >= 0.3 is 0 Å². The number of rotatable bonds is 7. The van der Waals surface area contributed by atoms with Gasteiger partial charge in [0.15, 0.2) is 42.4 Å². The van der Waals surface area contributed by atoms with Crippen LogP contribution in [0.5, 0.6) is 0 Å². The van der Waals surface area contributed by atoms with E-state index in [9.17, 15) is 0 Å². The van der Waals surface area contributed by atoms with E-state index in [0.717, 1.165) is 28.1 Å². The molecule has 0 aliphatic rings. The third-order valence-corrected chi connectivity index (χ3v) is 18.7. The summed E-state index contributed by atoms with van der Waals surface area (Å²) in [5, 5.41) is 0. The fourth-order valence-electron chi connectivity index (χ4n) is 12.4. The Morgan fingerprint density at radius 3 is 0.817 bits per heavy atom. The summed E-state index contributed by atoms with van der Waals surface area (Å²) in [6.07, 6.45) is 10.1. The number of nitrogens with zero attached hydrogens (tertiary/aromatic N) is 7. The monoisotopic (exact) mass is 1380 g/mol. The van der Waals surface area contributed by atoms with E-state index >= 15 is 0 Å². The predicted molar refractivity (Wildman–Crippen MR) is 433 cm³/mol. The molecule has 0 aliphatic heterocycles. The fraction of sp³-hybridized carbons (Fsp3) is 0.206. The molecule has 0 radical (unpaired) electrons. The van der Waals surface area contributed by atoms with Crippen LogP contribution in [0.15, 0.2) is 304 Å². The first-order valence-corrected chi connectivity index (χ1v) is 35.5. The lowest BCUT2D eigenvalue weighted by atomic mass is 10.0. The molecule has 7 heterocycles. The number of hydrogen-bond acceptors (Lipinski definition) is 0. The maximum absolute atomic E-state index is 7.54. The largest absolute Gasteiger partial charge is 0.212 e. The lowest BCUT2D eigenvalue weighted by Gasteiger charge is -2.04. The average molecular weight is 1380 g/mol. The summed E-state index contributed by atoms with van der Waals surface area (Å²) in [7, 11) is 14.1. The Balaban J connectivity index is 0.000000162. The Morgan fingerprint density at radius 1 is 0.202 bits per heavy atom. The summed E-state index contributed by atoms with van der Waals surface area (Å²) in [4.78, 5) is 0. The molecule has 0 fully saturated rings. The van der Waals surface area contributed by atoms with Crippen molar-refractivity contribution in [1.29, 1.82) is 0 Å². The first-order valence-electron chi connectivity index (χ1n) is 38.5. The molecule has 0 amide bonds. The molecule has 0 bridgehead atoms. The highest BCUT2D eigenvalue weighted by atomic mass is 15.0. The van der Waals surface area contributed by atoms with Gasteiger partial charge in [0.2, 0.25) is 39.9 Å². The van der Waals surface area contributed by atoms with Crippen LogP contribution >= 0.6 is 0 Å². The van der Waals surface area contributed by atoms with Gasteiger partial charge in [0.25, 0.3) is 0 Å². The van der Waals surface area contributed by atoms with Gasteiger partial charge in [0.05, 0.1) is 0 Å². The second-order valence-corrected chi connectivity index (χ2v) is 26.9. The second kappa shape index (κ2) is 38.0. The molecule has 7 heteroatoms. The number of hydrogen-bond donors (Lipinski definition) is 0. The van der Waals surface area contributed by atoms with Crippen molar-refractivity contribution in [3.63, 3.8) is 0 Å². The molecular weight excluding hydrogens is 1260 g/mol. The van der Waals surface area contributed by atoms with Crippen molar-refractivity contribution in [2.75, 3.05) is 0 Å². The fourth-order valence-corrected chi connectivity index (χ4v) is 12.4. The molecule has 0 saturated heterocycles. The molecule has 0 unspecified atom stereocenters. The third kappa shape index (κ3) is 21.3. The van der Waals surface area contributed by atoms with Gasteiger partial charge in [-0.15, -0.1) is 0 Å². The molecule has 0 aliphatic carbocycles. The van der Waals surface area contributed by atoms with Crippen LogP contribution in [0.1, 0.15) is 80.8 Å². The van der Waals surface area contributed by atoms with Gasteiger partial charge in [-0.05, 0) is 199 Å². The predicted octanol–water partition coefficient (Wildman–Crippen LogP) is 19.3. The van der Waals surface area contributed by atoms with E-state index in [2.05, 4.69) is 333 Å². The van der Waals surface area contributed by atoms with Crippen LogP contribution in [0.2, 0.25) is 0 Å². The zero-order valence-electron chi connectivity index (χ0n) is 70.5. The maximum atomic E-state index is 7.54. The highest BCUT2D eigenvalue weighted by Crippen LogP contribution is 2.26. The molecule has 0 spiro atoms. The van der Waals surface area contributed by atoms with Gasteiger partial charge in [-0.1, -0.05) is 127 Å². The van der Waals surface area contributed by atoms with E-state index in [1.54, 1.807) is 36.0 Å². The molecule has 104 heavy (non-hydrogen) atoms. The second-order valence-electron chi connectivity index (χ2n) is 26.9. The zero-order chi connectivity index (χ0) is 80.0. The lowest BCUT2D eigenvalue weighted by Crippen LogP contribution is -2.34. The van der Waals surface area contributed by atoms with Gasteiger partial charge in [-0.3, -0.25) is 0 Å². The minimum atomic E-state index is -2.09. The standard InChI is InChI=1S/6C14H16N.C13H14N/c2*1-11-7-4-5-9-13(11)14-10-6-8-12(2)15(14)3;2*1-11-8-9-15(3)14(10-11)13-7-5-4-6-12(13)2;2*1-11-8-9-14(15(3)10-11)13-7-5-4-6-12(13)2;1-11-7-3-4-8-12(11)13-9-5-6-10-14(13)2/h6*4-10H,1-3H3;3-10H,1-2H3/q7*+1/i2D3;;;;1D3;;. The number of aromatic nitrogens is 7. The molecule has 7 aromatic heterocycles. The number of pyridine rings is 7. The molecule has 0 atom stereocenters. The molecule has 526 valence electrons. The molecule has 7 nitrogen and oxygen atoms in total. The summed E-state index contributed by atoms with van der Waals surface area (Å²) in [5.74, 6) is 0. The van der Waals surface area contributed by atoms with Crippen LogP contribution in [-0.4, -0.2) is 0 Å². The van der Waals surface area contributed by atoms with E-state index in [1.165, 1.54) is 112 Å². The summed E-state index contributed by atoms with van der Waals surface area (Å²) in [6, 6.07) is 93.0. The highest BCUT2D eigenvalue weighted by Gasteiger charge is 2.18. The van der Waals surface area contributed by atoms with Crippen LogP contribution in [-0.2, 0) is 49.3 Å². The first-order chi connectivity index (χ1) is 52.3. The summed E-state index contributed by atoms with van der Waals surface area (Å²) in [5.41, 5.74) is 31.7.